The Morgan fingerprint density at radius 1 is 1.19 bits per heavy atom. The summed E-state index contributed by atoms with van der Waals surface area (Å²) in [4.78, 5) is 25.6. The van der Waals surface area contributed by atoms with E-state index in [1.807, 2.05) is 24.0 Å². The Balaban J connectivity index is 1.65. The first kappa shape index (κ1) is 19.3. The summed E-state index contributed by atoms with van der Waals surface area (Å²) in [5.74, 6) is -0.302. The number of carbonyl (C=O) groups is 2. The minimum atomic E-state index is -0.270. The largest absolute Gasteiger partial charge is 0.359 e. The van der Waals surface area contributed by atoms with Crippen LogP contribution in [0.3, 0.4) is 0 Å². The molecule has 2 N–H and O–H groups in total. The molecule has 0 saturated carbocycles. The fourth-order valence-corrected chi connectivity index (χ4v) is 3.24. The van der Waals surface area contributed by atoms with Gasteiger partial charge in [0, 0.05) is 29.9 Å². The van der Waals surface area contributed by atoms with E-state index in [1.54, 1.807) is 30.3 Å². The molecule has 5 nitrogen and oxygen atoms in total. The molecule has 0 aliphatic carbocycles. The Kier molecular flexibility index (Phi) is 6.04. The average molecular weight is 404 g/mol. The number of benzene rings is 2. The van der Waals surface area contributed by atoms with Gasteiger partial charge in [-0.15, -0.1) is 0 Å². The van der Waals surface area contributed by atoms with Crippen molar-refractivity contribution in [2.45, 2.75) is 6.92 Å². The SMILES string of the molecule is Cc1ccc(C=CC(=O)Nc2ccc(N3CCNC(=O)C3)c(Cl)c2)cc1Cl. The lowest BCUT2D eigenvalue weighted by Crippen LogP contribution is -2.47. The number of aryl methyl sites for hydroxylation is 1. The van der Waals surface area contributed by atoms with E-state index in [0.29, 0.717) is 28.8 Å². The molecule has 1 saturated heterocycles. The first-order valence-corrected chi connectivity index (χ1v) is 9.24. The maximum atomic E-state index is 12.1. The molecule has 7 heteroatoms. The van der Waals surface area contributed by atoms with Crippen LogP contribution in [0.25, 0.3) is 6.08 Å². The van der Waals surface area contributed by atoms with Gasteiger partial charge < -0.3 is 15.5 Å². The summed E-state index contributed by atoms with van der Waals surface area (Å²) < 4.78 is 0. The van der Waals surface area contributed by atoms with E-state index >= 15 is 0 Å². The minimum Gasteiger partial charge on any atom is -0.359 e. The van der Waals surface area contributed by atoms with Crippen LogP contribution in [-0.4, -0.2) is 31.4 Å². The van der Waals surface area contributed by atoms with Crippen LogP contribution in [0, 0.1) is 6.92 Å². The maximum Gasteiger partial charge on any atom is 0.248 e. The summed E-state index contributed by atoms with van der Waals surface area (Å²) in [6.45, 7) is 3.47. The lowest BCUT2D eigenvalue weighted by atomic mass is 10.1. The van der Waals surface area contributed by atoms with Gasteiger partial charge in [-0.05, 0) is 48.4 Å². The number of hydrogen-bond acceptors (Lipinski definition) is 3. The number of anilines is 2. The Morgan fingerprint density at radius 2 is 2.00 bits per heavy atom. The zero-order valence-corrected chi connectivity index (χ0v) is 16.3. The number of halogens is 2. The van der Waals surface area contributed by atoms with Crippen LogP contribution >= 0.6 is 23.2 Å². The number of nitrogens with zero attached hydrogens (tertiary/aromatic N) is 1. The van der Waals surface area contributed by atoms with Gasteiger partial charge in [0.25, 0.3) is 0 Å². The number of piperazine rings is 1. The second kappa shape index (κ2) is 8.46. The third-order valence-electron chi connectivity index (χ3n) is 4.22. The summed E-state index contributed by atoms with van der Waals surface area (Å²) in [5, 5.41) is 6.69. The normalized spacial score (nSPS) is 14.3. The van der Waals surface area contributed by atoms with Crippen molar-refractivity contribution in [2.24, 2.45) is 0 Å². The first-order chi connectivity index (χ1) is 12.9. The molecule has 0 spiro atoms. The molecule has 2 aromatic rings. The van der Waals surface area contributed by atoms with E-state index in [9.17, 15) is 9.59 Å². The summed E-state index contributed by atoms with van der Waals surface area (Å²) in [6, 6.07) is 10.9. The van der Waals surface area contributed by atoms with Gasteiger partial charge in [0.05, 0.1) is 17.3 Å². The van der Waals surface area contributed by atoms with Crippen molar-refractivity contribution in [3.63, 3.8) is 0 Å². The lowest BCUT2D eigenvalue weighted by Gasteiger charge is -2.29. The highest BCUT2D eigenvalue weighted by Gasteiger charge is 2.18. The number of amides is 2. The molecule has 0 unspecified atom stereocenters. The Bertz CT molecular complexity index is 912. The standard InChI is InChI=1S/C20H19Cl2N3O2/c1-13-2-3-14(10-16(13)21)4-7-19(26)24-15-5-6-18(17(22)11-15)25-9-8-23-20(27)12-25/h2-7,10-11H,8-9,12H2,1H3,(H,23,27)(H,24,26). The molecule has 2 aromatic carbocycles. The number of hydrogen-bond donors (Lipinski definition) is 2. The molecule has 1 fully saturated rings. The minimum absolute atomic E-state index is 0.0314. The molecule has 0 atom stereocenters. The van der Waals surface area contributed by atoms with Gasteiger partial charge in [-0.2, -0.15) is 0 Å². The van der Waals surface area contributed by atoms with Crippen LogP contribution in [-0.2, 0) is 9.59 Å². The second-order valence-electron chi connectivity index (χ2n) is 6.27. The Labute approximate surface area is 168 Å². The average Bonchev–Trinajstić information content (AvgIpc) is 2.63. The third kappa shape index (κ3) is 5.02. The Hall–Kier alpha value is -2.50. The van der Waals surface area contributed by atoms with Crippen molar-refractivity contribution >= 4 is 52.5 Å². The van der Waals surface area contributed by atoms with Gasteiger partial charge >= 0.3 is 0 Å². The van der Waals surface area contributed by atoms with Crippen LogP contribution in [0.15, 0.2) is 42.5 Å². The monoisotopic (exact) mass is 403 g/mol. The Morgan fingerprint density at radius 3 is 2.70 bits per heavy atom. The topological polar surface area (TPSA) is 61.4 Å². The molecule has 0 bridgehead atoms. The summed E-state index contributed by atoms with van der Waals surface area (Å²) in [7, 11) is 0. The fourth-order valence-electron chi connectivity index (χ4n) is 2.75. The third-order valence-corrected chi connectivity index (χ3v) is 4.93. The van der Waals surface area contributed by atoms with Gasteiger partial charge in [-0.25, -0.2) is 0 Å². The molecular formula is C20H19Cl2N3O2. The predicted octanol–water partition coefficient (Wildman–Crippen LogP) is 3.89. The van der Waals surface area contributed by atoms with Crippen LogP contribution in [0.5, 0.6) is 0 Å². The number of carbonyl (C=O) groups excluding carboxylic acids is 2. The molecule has 27 heavy (non-hydrogen) atoms. The fraction of sp³-hybridized carbons (Fsp3) is 0.200. The highest BCUT2D eigenvalue weighted by Crippen LogP contribution is 2.29. The molecule has 2 amide bonds. The van der Waals surface area contributed by atoms with Crippen molar-refractivity contribution < 1.29 is 9.59 Å². The molecule has 1 heterocycles. The van der Waals surface area contributed by atoms with Crippen molar-refractivity contribution in [3.8, 4) is 0 Å². The molecule has 0 radical (unpaired) electrons. The van der Waals surface area contributed by atoms with Gasteiger partial charge in [0.1, 0.15) is 0 Å². The van der Waals surface area contributed by atoms with Crippen molar-refractivity contribution in [1.29, 1.82) is 0 Å². The van der Waals surface area contributed by atoms with Gasteiger partial charge in [0.15, 0.2) is 0 Å². The summed E-state index contributed by atoms with van der Waals surface area (Å²) >= 11 is 12.4. The lowest BCUT2D eigenvalue weighted by molar-refractivity contribution is -0.120. The molecular weight excluding hydrogens is 385 g/mol. The van der Waals surface area contributed by atoms with Crippen LogP contribution in [0.2, 0.25) is 10.0 Å². The summed E-state index contributed by atoms with van der Waals surface area (Å²) in [5.41, 5.74) is 3.19. The van der Waals surface area contributed by atoms with E-state index in [-0.39, 0.29) is 18.4 Å². The number of nitrogens with one attached hydrogen (secondary N) is 2. The van der Waals surface area contributed by atoms with E-state index in [0.717, 1.165) is 16.8 Å². The molecule has 1 aliphatic heterocycles. The smallest absolute Gasteiger partial charge is 0.248 e. The second-order valence-corrected chi connectivity index (χ2v) is 7.08. The van der Waals surface area contributed by atoms with E-state index in [4.69, 9.17) is 23.2 Å². The van der Waals surface area contributed by atoms with Crippen molar-refractivity contribution in [3.05, 3.63) is 63.6 Å². The zero-order chi connectivity index (χ0) is 19.4. The van der Waals surface area contributed by atoms with Crippen LogP contribution < -0.4 is 15.5 Å². The van der Waals surface area contributed by atoms with E-state index < -0.39 is 0 Å². The molecule has 0 aromatic heterocycles. The summed E-state index contributed by atoms with van der Waals surface area (Å²) in [6.07, 6.45) is 3.14. The highest BCUT2D eigenvalue weighted by atomic mass is 35.5. The predicted molar refractivity (Wildman–Crippen MR) is 111 cm³/mol. The van der Waals surface area contributed by atoms with E-state index in [2.05, 4.69) is 10.6 Å². The molecule has 3 rings (SSSR count). The quantitative estimate of drug-likeness (QED) is 0.761. The maximum absolute atomic E-state index is 12.1. The molecule has 1 aliphatic rings. The van der Waals surface area contributed by atoms with E-state index in [1.165, 1.54) is 6.08 Å². The van der Waals surface area contributed by atoms with Gasteiger partial charge in [0.2, 0.25) is 11.8 Å². The first-order valence-electron chi connectivity index (χ1n) is 8.49. The van der Waals surface area contributed by atoms with Crippen LogP contribution in [0.4, 0.5) is 11.4 Å². The molecule has 140 valence electrons. The van der Waals surface area contributed by atoms with Crippen molar-refractivity contribution in [1.82, 2.24) is 5.32 Å². The van der Waals surface area contributed by atoms with Gasteiger partial charge in [-0.1, -0.05) is 35.3 Å². The highest BCUT2D eigenvalue weighted by molar-refractivity contribution is 6.33. The zero-order valence-electron chi connectivity index (χ0n) is 14.8. The van der Waals surface area contributed by atoms with Crippen molar-refractivity contribution in [2.75, 3.05) is 29.9 Å². The van der Waals surface area contributed by atoms with Crippen LogP contribution in [0.1, 0.15) is 11.1 Å². The number of rotatable bonds is 4. The van der Waals surface area contributed by atoms with Gasteiger partial charge in [-0.3, -0.25) is 9.59 Å².